The van der Waals surface area contributed by atoms with E-state index in [0.29, 0.717) is 0 Å². The molecule has 44 valence electrons. The number of hydrogen-bond donors (Lipinski definition) is 2. The second kappa shape index (κ2) is 2.26. The van der Waals surface area contributed by atoms with Crippen molar-refractivity contribution in [2.75, 3.05) is 0 Å². The fourth-order valence-electron chi connectivity index (χ4n) is 0.481. The molecule has 4 N–H and O–H groups in total. The normalized spacial score (nSPS) is 10.4. The lowest BCUT2D eigenvalue weighted by atomic mass is 10.4. The van der Waals surface area contributed by atoms with Crippen molar-refractivity contribution in [3.63, 3.8) is 0 Å². The van der Waals surface area contributed by atoms with E-state index in [9.17, 15) is 0 Å². The molecule has 0 fully saturated rings. The quantitative estimate of drug-likeness (QED) is 0.546. The Kier molecular flexibility index (Phi) is 1.62. The van der Waals surface area contributed by atoms with Crippen molar-refractivity contribution in [3.05, 3.63) is 22.4 Å². The number of thiophene rings is 1. The zero-order valence-electron chi connectivity index (χ0n) is 4.37. The van der Waals surface area contributed by atoms with Gasteiger partial charge < -0.3 is 11.5 Å². The van der Waals surface area contributed by atoms with Crippen LogP contribution in [0.25, 0.3) is 0 Å². The Labute approximate surface area is 52.1 Å². The summed E-state index contributed by atoms with van der Waals surface area (Å²) in [5.74, 6) is 0. The highest BCUT2D eigenvalue weighted by Crippen LogP contribution is 2.11. The van der Waals surface area contributed by atoms with E-state index in [1.807, 2.05) is 17.5 Å². The van der Waals surface area contributed by atoms with E-state index in [-0.39, 0.29) is 6.17 Å². The molecule has 0 amide bonds. The van der Waals surface area contributed by atoms with Gasteiger partial charge in [-0.05, 0) is 11.4 Å². The van der Waals surface area contributed by atoms with Crippen molar-refractivity contribution in [2.24, 2.45) is 11.5 Å². The van der Waals surface area contributed by atoms with Gasteiger partial charge in [0.05, 0.1) is 6.17 Å². The van der Waals surface area contributed by atoms with Gasteiger partial charge in [-0.15, -0.1) is 11.3 Å². The largest absolute Gasteiger partial charge is 0.312 e. The topological polar surface area (TPSA) is 52.0 Å². The smallest absolute Gasteiger partial charge is 0.0879 e. The lowest BCUT2D eigenvalue weighted by Gasteiger charge is -1.97. The zero-order valence-corrected chi connectivity index (χ0v) is 5.19. The van der Waals surface area contributed by atoms with Gasteiger partial charge in [-0.3, -0.25) is 0 Å². The first kappa shape index (κ1) is 5.75. The number of hydrogen-bond acceptors (Lipinski definition) is 3. The lowest BCUT2D eigenvalue weighted by Crippen LogP contribution is -2.18. The van der Waals surface area contributed by atoms with E-state index in [4.69, 9.17) is 11.5 Å². The van der Waals surface area contributed by atoms with Crippen LogP contribution < -0.4 is 11.5 Å². The van der Waals surface area contributed by atoms with Crippen LogP contribution in [0.4, 0.5) is 0 Å². The fourth-order valence-corrected chi connectivity index (χ4v) is 1.11. The van der Waals surface area contributed by atoms with Crippen LogP contribution in [0.3, 0.4) is 0 Å². The molecule has 2 nitrogen and oxygen atoms in total. The van der Waals surface area contributed by atoms with Crippen LogP contribution in [-0.2, 0) is 0 Å². The molecular formula is C5H8N2S. The summed E-state index contributed by atoms with van der Waals surface area (Å²) in [6, 6.07) is 3.86. The minimum absolute atomic E-state index is 0.296. The van der Waals surface area contributed by atoms with Crippen molar-refractivity contribution in [1.29, 1.82) is 0 Å². The van der Waals surface area contributed by atoms with Gasteiger partial charge in [-0.1, -0.05) is 6.07 Å². The van der Waals surface area contributed by atoms with Crippen molar-refractivity contribution in [2.45, 2.75) is 6.17 Å². The van der Waals surface area contributed by atoms with Crippen LogP contribution in [0.5, 0.6) is 0 Å². The van der Waals surface area contributed by atoms with Crippen LogP contribution in [0.2, 0.25) is 0 Å². The zero-order chi connectivity index (χ0) is 5.98. The first-order valence-corrected chi connectivity index (χ1v) is 3.23. The maximum absolute atomic E-state index is 5.35. The molecule has 1 aromatic rings. The first-order valence-electron chi connectivity index (χ1n) is 2.35. The molecule has 0 bridgehead atoms. The first-order chi connectivity index (χ1) is 3.80. The molecule has 0 radical (unpaired) electrons. The average molecular weight is 128 g/mol. The predicted molar refractivity (Wildman–Crippen MR) is 35.4 cm³/mol. The Morgan fingerprint density at radius 1 is 1.50 bits per heavy atom. The van der Waals surface area contributed by atoms with Gasteiger partial charge in [0.1, 0.15) is 0 Å². The molecule has 0 saturated heterocycles. The summed E-state index contributed by atoms with van der Waals surface area (Å²) in [4.78, 5) is 1.03. The Hall–Kier alpha value is -0.380. The molecule has 0 spiro atoms. The predicted octanol–water partition coefficient (Wildman–Crippen LogP) is 0.664. The standard InChI is InChI=1S/C5H8N2S/c6-5(7)4-2-1-3-8-4/h1-3,5H,6-7H2. The third-order valence-electron chi connectivity index (χ3n) is 0.872. The van der Waals surface area contributed by atoms with E-state index in [0.717, 1.165) is 4.88 Å². The highest BCUT2D eigenvalue weighted by atomic mass is 32.1. The van der Waals surface area contributed by atoms with E-state index < -0.39 is 0 Å². The summed E-state index contributed by atoms with van der Waals surface area (Å²) >= 11 is 1.58. The summed E-state index contributed by atoms with van der Waals surface area (Å²) in [5, 5.41) is 1.96. The summed E-state index contributed by atoms with van der Waals surface area (Å²) in [6.07, 6.45) is -0.296. The Bertz CT molecular complexity index is 145. The third kappa shape index (κ3) is 1.06. The number of nitrogens with two attached hydrogens (primary N) is 2. The lowest BCUT2D eigenvalue weighted by molar-refractivity contribution is 0.792. The second-order valence-corrected chi connectivity index (χ2v) is 2.52. The molecule has 0 aliphatic heterocycles. The summed E-state index contributed by atoms with van der Waals surface area (Å²) in [5.41, 5.74) is 10.7. The maximum Gasteiger partial charge on any atom is 0.0879 e. The van der Waals surface area contributed by atoms with Crippen molar-refractivity contribution in [3.8, 4) is 0 Å². The van der Waals surface area contributed by atoms with Crippen molar-refractivity contribution >= 4 is 11.3 Å². The highest BCUT2D eigenvalue weighted by Gasteiger charge is 1.96. The van der Waals surface area contributed by atoms with Crippen LogP contribution >= 0.6 is 11.3 Å². The fraction of sp³-hybridized carbons (Fsp3) is 0.200. The van der Waals surface area contributed by atoms with Crippen molar-refractivity contribution in [1.82, 2.24) is 0 Å². The van der Waals surface area contributed by atoms with Gasteiger partial charge in [0, 0.05) is 4.88 Å². The molecule has 1 heterocycles. The Morgan fingerprint density at radius 3 is 2.50 bits per heavy atom. The highest BCUT2D eigenvalue weighted by molar-refractivity contribution is 7.10. The van der Waals surface area contributed by atoms with Crippen molar-refractivity contribution < 1.29 is 0 Å². The molecule has 0 atom stereocenters. The maximum atomic E-state index is 5.35. The Morgan fingerprint density at radius 2 is 2.25 bits per heavy atom. The molecule has 0 aliphatic carbocycles. The average Bonchev–Trinajstić information content (AvgIpc) is 2.12. The molecule has 0 aliphatic rings. The molecule has 0 aromatic carbocycles. The minimum atomic E-state index is -0.296. The van der Waals surface area contributed by atoms with Gasteiger partial charge in [0.25, 0.3) is 0 Å². The molecular weight excluding hydrogens is 120 g/mol. The Balaban J connectivity index is 2.77. The third-order valence-corrected chi connectivity index (χ3v) is 1.85. The number of rotatable bonds is 1. The van der Waals surface area contributed by atoms with Crippen LogP contribution in [0.1, 0.15) is 11.0 Å². The molecule has 1 rings (SSSR count). The molecule has 1 aromatic heterocycles. The van der Waals surface area contributed by atoms with E-state index in [1.165, 1.54) is 0 Å². The van der Waals surface area contributed by atoms with Crippen LogP contribution in [0, 0.1) is 0 Å². The molecule has 8 heavy (non-hydrogen) atoms. The van der Waals surface area contributed by atoms with E-state index in [2.05, 4.69) is 0 Å². The molecule has 0 unspecified atom stereocenters. The summed E-state index contributed by atoms with van der Waals surface area (Å²) < 4.78 is 0. The summed E-state index contributed by atoms with van der Waals surface area (Å²) in [7, 11) is 0. The van der Waals surface area contributed by atoms with Gasteiger partial charge in [0.2, 0.25) is 0 Å². The summed E-state index contributed by atoms with van der Waals surface area (Å²) in [6.45, 7) is 0. The SMILES string of the molecule is NC(N)c1cccs1. The van der Waals surface area contributed by atoms with Gasteiger partial charge in [0.15, 0.2) is 0 Å². The van der Waals surface area contributed by atoms with Gasteiger partial charge in [-0.25, -0.2) is 0 Å². The van der Waals surface area contributed by atoms with Gasteiger partial charge >= 0.3 is 0 Å². The monoisotopic (exact) mass is 128 g/mol. The minimum Gasteiger partial charge on any atom is -0.312 e. The van der Waals surface area contributed by atoms with E-state index in [1.54, 1.807) is 11.3 Å². The van der Waals surface area contributed by atoms with Gasteiger partial charge in [-0.2, -0.15) is 0 Å². The molecule has 0 saturated carbocycles. The van der Waals surface area contributed by atoms with E-state index >= 15 is 0 Å². The van der Waals surface area contributed by atoms with Crippen LogP contribution in [0.15, 0.2) is 17.5 Å². The molecule has 3 heteroatoms. The second-order valence-electron chi connectivity index (χ2n) is 1.54. The van der Waals surface area contributed by atoms with Crippen LogP contribution in [-0.4, -0.2) is 0 Å².